The molecule has 0 N–H and O–H groups in total. The molecule has 2 aromatic carbocycles. The van der Waals surface area contributed by atoms with Crippen molar-refractivity contribution in [2.24, 2.45) is 0 Å². The van der Waals surface area contributed by atoms with Crippen molar-refractivity contribution in [2.45, 2.75) is 51.6 Å². The van der Waals surface area contributed by atoms with Gasteiger partial charge in [-0.1, -0.05) is 0 Å². The first-order valence-corrected chi connectivity index (χ1v) is 12.8. The molecule has 0 aliphatic heterocycles. The van der Waals surface area contributed by atoms with Gasteiger partial charge in [0, 0.05) is 0 Å². The molecule has 1 aliphatic rings. The van der Waals surface area contributed by atoms with E-state index in [-0.39, 0.29) is 18.2 Å². The average Bonchev–Trinajstić information content (AvgIpc) is 3.23. The van der Waals surface area contributed by atoms with Crippen molar-refractivity contribution in [2.75, 3.05) is 6.61 Å². The van der Waals surface area contributed by atoms with Crippen molar-refractivity contribution in [1.82, 2.24) is 0 Å². The molecule has 1 saturated carbocycles. The third-order valence-corrected chi connectivity index (χ3v) is 8.19. The molecule has 164 valence electrons. The molecule has 1 aliphatic carbocycles. The molecular formula is C25H28O5Te. The topological polar surface area (TPSA) is 61.8 Å². The monoisotopic (exact) mass is 538 g/mol. The standard InChI is InChI=1S/C25H28O5Te/c1-4-25(15-5-6-16-25)30-23(26)17-28-19-7-11-21(12-8-19)31-22-13-9-20(10-14-22)29-24(27)18(2)3/h7-14H,2,4-6,15-17H2,1,3H3. The Hall–Kier alpha value is -2.29. The van der Waals surface area contributed by atoms with Crippen molar-refractivity contribution < 1.29 is 23.8 Å². The van der Waals surface area contributed by atoms with Gasteiger partial charge in [0.2, 0.25) is 0 Å². The third-order valence-electron chi connectivity index (χ3n) is 5.29. The van der Waals surface area contributed by atoms with Gasteiger partial charge in [0.25, 0.3) is 0 Å². The van der Waals surface area contributed by atoms with Crippen LogP contribution >= 0.6 is 0 Å². The van der Waals surface area contributed by atoms with Crippen molar-refractivity contribution in [1.29, 1.82) is 0 Å². The first-order valence-electron chi connectivity index (χ1n) is 10.5. The summed E-state index contributed by atoms with van der Waals surface area (Å²) in [7, 11) is 0. The van der Waals surface area contributed by atoms with E-state index in [1.807, 2.05) is 36.4 Å². The van der Waals surface area contributed by atoms with Crippen molar-refractivity contribution in [3.05, 3.63) is 60.7 Å². The molecule has 0 radical (unpaired) electrons. The first-order chi connectivity index (χ1) is 14.9. The second kappa shape index (κ2) is 10.8. The molecule has 0 aromatic heterocycles. The van der Waals surface area contributed by atoms with Crippen LogP contribution < -0.4 is 16.7 Å². The van der Waals surface area contributed by atoms with Crippen LogP contribution in [0.5, 0.6) is 11.5 Å². The SMILES string of the molecule is C=C(C)C(=O)Oc1ccc([Te]c2ccc(OCC(=O)OC3(CC)CCCC3)cc2)cc1. The van der Waals surface area contributed by atoms with Crippen LogP contribution in [-0.2, 0) is 14.3 Å². The van der Waals surface area contributed by atoms with Gasteiger partial charge in [-0.3, -0.25) is 0 Å². The first kappa shape index (κ1) is 23.4. The zero-order chi connectivity index (χ0) is 22.3. The van der Waals surface area contributed by atoms with E-state index in [4.69, 9.17) is 14.2 Å². The van der Waals surface area contributed by atoms with E-state index in [1.165, 1.54) is 7.22 Å². The Kier molecular flexibility index (Phi) is 8.17. The minimum absolute atomic E-state index is 0.0673. The summed E-state index contributed by atoms with van der Waals surface area (Å²) in [6, 6.07) is 15.4. The summed E-state index contributed by atoms with van der Waals surface area (Å²) in [5, 5.41) is 0. The van der Waals surface area contributed by atoms with E-state index < -0.39 is 26.9 Å². The summed E-state index contributed by atoms with van der Waals surface area (Å²) in [5.74, 6) is 0.459. The van der Waals surface area contributed by atoms with Crippen molar-refractivity contribution in [3.8, 4) is 11.5 Å². The molecule has 0 unspecified atom stereocenters. The Balaban J connectivity index is 1.48. The molecule has 31 heavy (non-hydrogen) atoms. The van der Waals surface area contributed by atoms with E-state index >= 15 is 0 Å². The molecule has 0 heterocycles. The Morgan fingerprint density at radius 3 is 2.03 bits per heavy atom. The van der Waals surface area contributed by atoms with Crippen molar-refractivity contribution in [3.63, 3.8) is 0 Å². The molecule has 5 nitrogen and oxygen atoms in total. The summed E-state index contributed by atoms with van der Waals surface area (Å²) in [5.41, 5.74) is 0.0883. The summed E-state index contributed by atoms with van der Waals surface area (Å²) in [4.78, 5) is 23.8. The Morgan fingerprint density at radius 1 is 0.968 bits per heavy atom. The van der Waals surface area contributed by atoms with E-state index in [9.17, 15) is 9.59 Å². The van der Waals surface area contributed by atoms with Crippen LogP contribution in [0.1, 0.15) is 46.0 Å². The second-order valence-electron chi connectivity index (χ2n) is 7.72. The molecule has 1 fully saturated rings. The van der Waals surface area contributed by atoms with Crippen molar-refractivity contribution >= 4 is 40.1 Å². The van der Waals surface area contributed by atoms with E-state index in [1.54, 1.807) is 19.1 Å². The van der Waals surface area contributed by atoms with Gasteiger partial charge in [-0.15, -0.1) is 0 Å². The number of benzene rings is 2. The number of carbonyl (C=O) groups excluding carboxylic acids is 2. The molecule has 0 spiro atoms. The number of ether oxygens (including phenoxy) is 3. The maximum atomic E-state index is 12.2. The van der Waals surface area contributed by atoms with Crippen LogP contribution in [-0.4, -0.2) is 45.1 Å². The second-order valence-corrected chi connectivity index (χ2v) is 11.0. The van der Waals surface area contributed by atoms with Gasteiger partial charge in [0.15, 0.2) is 0 Å². The van der Waals surface area contributed by atoms with Crippen LogP contribution in [0.15, 0.2) is 60.7 Å². The fourth-order valence-electron chi connectivity index (χ4n) is 3.47. The average molecular weight is 536 g/mol. The Labute approximate surface area is 193 Å². The minimum atomic E-state index is -0.580. The molecule has 0 amide bonds. The molecule has 2 aromatic rings. The van der Waals surface area contributed by atoms with Crippen LogP contribution in [0, 0.1) is 0 Å². The van der Waals surface area contributed by atoms with Gasteiger partial charge in [-0.25, -0.2) is 0 Å². The van der Waals surface area contributed by atoms with Crippen LogP contribution in [0.2, 0.25) is 0 Å². The van der Waals surface area contributed by atoms with Gasteiger partial charge in [-0.2, -0.15) is 0 Å². The zero-order valence-electron chi connectivity index (χ0n) is 18.0. The molecule has 0 atom stereocenters. The fraction of sp³-hybridized carbons (Fsp3) is 0.360. The Bertz CT molecular complexity index is 912. The fourth-order valence-corrected chi connectivity index (χ4v) is 5.80. The normalized spacial score (nSPS) is 14.6. The van der Waals surface area contributed by atoms with Gasteiger partial charge in [-0.05, 0) is 0 Å². The van der Waals surface area contributed by atoms with Gasteiger partial charge < -0.3 is 0 Å². The van der Waals surface area contributed by atoms with E-state index in [2.05, 4.69) is 13.5 Å². The van der Waals surface area contributed by atoms with Gasteiger partial charge in [0.05, 0.1) is 0 Å². The quantitative estimate of drug-likeness (QED) is 0.213. The van der Waals surface area contributed by atoms with E-state index in [0.29, 0.717) is 17.1 Å². The predicted octanol–water partition coefficient (Wildman–Crippen LogP) is 3.47. The molecule has 0 saturated heterocycles. The van der Waals surface area contributed by atoms with Crippen LogP contribution in [0.3, 0.4) is 0 Å². The molecule has 3 rings (SSSR count). The zero-order valence-corrected chi connectivity index (χ0v) is 20.3. The summed E-state index contributed by atoms with van der Waals surface area (Å²) in [6.45, 7) is 7.21. The summed E-state index contributed by atoms with van der Waals surface area (Å²) < 4.78 is 19.0. The maximum absolute atomic E-state index is 12.2. The number of esters is 2. The molecule has 6 heteroatoms. The van der Waals surface area contributed by atoms with Gasteiger partial charge in [0.1, 0.15) is 0 Å². The summed E-state index contributed by atoms with van der Waals surface area (Å²) >= 11 is -0.580. The molecular weight excluding hydrogens is 508 g/mol. The number of hydrogen-bond acceptors (Lipinski definition) is 5. The van der Waals surface area contributed by atoms with Crippen LogP contribution in [0.4, 0.5) is 0 Å². The summed E-state index contributed by atoms with van der Waals surface area (Å²) in [6.07, 6.45) is 5.00. The van der Waals surface area contributed by atoms with Gasteiger partial charge >= 0.3 is 194 Å². The van der Waals surface area contributed by atoms with E-state index in [0.717, 1.165) is 32.1 Å². The number of rotatable bonds is 9. The molecule has 0 bridgehead atoms. The Morgan fingerprint density at radius 2 is 1.52 bits per heavy atom. The number of carbonyl (C=O) groups is 2. The third kappa shape index (κ3) is 6.85. The van der Waals surface area contributed by atoms with Crippen LogP contribution in [0.25, 0.3) is 0 Å². The predicted molar refractivity (Wildman–Crippen MR) is 121 cm³/mol. The number of hydrogen-bond donors (Lipinski definition) is 0.